The van der Waals surface area contributed by atoms with E-state index in [-0.39, 0.29) is 24.0 Å². The third kappa shape index (κ3) is 6.96. The first-order valence-electron chi connectivity index (χ1n) is 9.99. The lowest BCUT2D eigenvalue weighted by atomic mass is 10.1. The van der Waals surface area contributed by atoms with Gasteiger partial charge in [-0.2, -0.15) is 5.10 Å². The summed E-state index contributed by atoms with van der Waals surface area (Å²) in [4.78, 5) is 9.41. The average Bonchev–Trinajstić information content (AvgIpc) is 3.13. The van der Waals surface area contributed by atoms with Gasteiger partial charge in [0.1, 0.15) is 0 Å². The highest BCUT2D eigenvalue weighted by Gasteiger charge is 2.23. The van der Waals surface area contributed by atoms with Gasteiger partial charge in [-0.05, 0) is 43.0 Å². The van der Waals surface area contributed by atoms with E-state index in [0.717, 1.165) is 56.0 Å². The highest BCUT2D eigenvalue weighted by atomic mass is 127. The van der Waals surface area contributed by atoms with Crippen LogP contribution in [0, 0.1) is 0 Å². The second-order valence-corrected chi connectivity index (χ2v) is 8.27. The predicted molar refractivity (Wildman–Crippen MR) is 134 cm³/mol. The minimum absolute atomic E-state index is 0. The van der Waals surface area contributed by atoms with E-state index < -0.39 is 0 Å². The van der Waals surface area contributed by atoms with E-state index in [1.165, 1.54) is 11.1 Å². The molecule has 0 spiro atoms. The first kappa shape index (κ1) is 24.1. The van der Waals surface area contributed by atoms with Crippen molar-refractivity contribution in [2.45, 2.75) is 25.8 Å². The van der Waals surface area contributed by atoms with Gasteiger partial charge in [-0.3, -0.25) is 14.6 Å². The minimum Gasteiger partial charge on any atom is -0.356 e. The van der Waals surface area contributed by atoms with Crippen molar-refractivity contribution in [3.8, 4) is 0 Å². The highest BCUT2D eigenvalue weighted by Crippen LogP contribution is 2.23. The lowest BCUT2D eigenvalue weighted by Crippen LogP contribution is -2.52. The Hall–Kier alpha value is -1.13. The zero-order valence-electron chi connectivity index (χ0n) is 17.5. The molecule has 29 heavy (non-hydrogen) atoms. The number of hydrogen-bond donors (Lipinski definition) is 1. The molecule has 1 aromatic carbocycles. The van der Waals surface area contributed by atoms with Crippen LogP contribution in [0.25, 0.3) is 0 Å². The van der Waals surface area contributed by atoms with E-state index in [4.69, 9.17) is 0 Å². The van der Waals surface area contributed by atoms with E-state index in [9.17, 15) is 0 Å². The Morgan fingerprint density at radius 3 is 2.48 bits per heavy atom. The molecule has 2 heterocycles. The molecule has 0 aliphatic carbocycles. The van der Waals surface area contributed by atoms with E-state index >= 15 is 0 Å². The highest BCUT2D eigenvalue weighted by molar-refractivity contribution is 14.0. The maximum absolute atomic E-state index is 4.49. The third-order valence-electron chi connectivity index (χ3n) is 5.41. The van der Waals surface area contributed by atoms with Gasteiger partial charge >= 0.3 is 0 Å². The first-order chi connectivity index (χ1) is 13.6. The molecule has 160 valence electrons. The standard InChI is InChI=1S/C21H31BrN6.HI/c1-17(19-6-8-20(22)9-7-19)27-11-13-28(14-12-27)21(23-2)24-10-4-5-18-15-25-26(3)16-18;/h6-9,15-17H,4-5,10-14H2,1-3H3,(H,23,24);1H. The summed E-state index contributed by atoms with van der Waals surface area (Å²) in [5.41, 5.74) is 2.66. The van der Waals surface area contributed by atoms with Gasteiger partial charge in [0.05, 0.1) is 6.20 Å². The molecule has 1 aliphatic rings. The number of hydrogen-bond acceptors (Lipinski definition) is 3. The Morgan fingerprint density at radius 2 is 1.90 bits per heavy atom. The quantitative estimate of drug-likeness (QED) is 0.247. The topological polar surface area (TPSA) is 48.7 Å². The molecule has 3 rings (SSSR count). The molecule has 0 bridgehead atoms. The van der Waals surface area contributed by atoms with Crippen molar-refractivity contribution in [3.63, 3.8) is 0 Å². The van der Waals surface area contributed by atoms with Gasteiger partial charge in [0.25, 0.3) is 0 Å². The van der Waals surface area contributed by atoms with Gasteiger partial charge in [0, 0.05) is 63.5 Å². The Bertz CT molecular complexity index is 768. The maximum atomic E-state index is 4.49. The van der Waals surface area contributed by atoms with Gasteiger partial charge in [0.2, 0.25) is 0 Å². The fourth-order valence-electron chi connectivity index (χ4n) is 3.70. The average molecular weight is 575 g/mol. The molecule has 1 aromatic heterocycles. The van der Waals surface area contributed by atoms with Crippen LogP contribution in [-0.2, 0) is 13.5 Å². The molecule has 1 fully saturated rings. The van der Waals surface area contributed by atoms with Gasteiger partial charge < -0.3 is 10.2 Å². The van der Waals surface area contributed by atoms with Gasteiger partial charge in [-0.15, -0.1) is 24.0 Å². The first-order valence-corrected chi connectivity index (χ1v) is 10.8. The lowest BCUT2D eigenvalue weighted by Gasteiger charge is -2.39. The number of piperazine rings is 1. The normalized spacial score (nSPS) is 16.4. The molecular weight excluding hydrogens is 543 g/mol. The van der Waals surface area contributed by atoms with Crippen LogP contribution < -0.4 is 5.32 Å². The van der Waals surface area contributed by atoms with E-state index in [2.05, 4.69) is 78.5 Å². The summed E-state index contributed by atoms with van der Waals surface area (Å²) in [5, 5.41) is 7.75. The summed E-state index contributed by atoms with van der Waals surface area (Å²) in [6, 6.07) is 9.11. The lowest BCUT2D eigenvalue weighted by molar-refractivity contribution is 0.138. The Kier molecular flexibility index (Phi) is 9.91. The van der Waals surface area contributed by atoms with E-state index in [1.54, 1.807) is 0 Å². The molecule has 0 radical (unpaired) electrons. The van der Waals surface area contributed by atoms with Crippen LogP contribution in [0.3, 0.4) is 0 Å². The number of nitrogens with zero attached hydrogens (tertiary/aromatic N) is 5. The van der Waals surface area contributed by atoms with E-state index in [0.29, 0.717) is 6.04 Å². The Morgan fingerprint density at radius 1 is 1.21 bits per heavy atom. The summed E-state index contributed by atoms with van der Waals surface area (Å²) in [6.07, 6.45) is 6.14. The number of halogens is 2. The number of nitrogens with one attached hydrogen (secondary N) is 1. The molecule has 6 nitrogen and oxygen atoms in total. The van der Waals surface area contributed by atoms with Gasteiger partial charge in [-0.25, -0.2) is 0 Å². The molecule has 1 N–H and O–H groups in total. The molecule has 0 amide bonds. The smallest absolute Gasteiger partial charge is 0.193 e. The molecule has 0 saturated carbocycles. The van der Waals surface area contributed by atoms with Crippen molar-refractivity contribution < 1.29 is 0 Å². The second-order valence-electron chi connectivity index (χ2n) is 7.35. The molecule has 1 atom stereocenters. The molecular formula is C21H32BrIN6. The number of benzene rings is 1. The Labute approximate surface area is 199 Å². The van der Waals surface area contributed by atoms with Crippen molar-refractivity contribution in [2.24, 2.45) is 12.0 Å². The van der Waals surface area contributed by atoms with Crippen LogP contribution in [0.15, 0.2) is 46.1 Å². The van der Waals surface area contributed by atoms with Crippen molar-refractivity contribution in [1.82, 2.24) is 24.9 Å². The van der Waals surface area contributed by atoms with Crippen molar-refractivity contribution >= 4 is 45.9 Å². The second kappa shape index (κ2) is 11.9. The summed E-state index contributed by atoms with van der Waals surface area (Å²) in [7, 11) is 3.83. The van der Waals surface area contributed by atoms with Crippen LogP contribution in [0.2, 0.25) is 0 Å². The summed E-state index contributed by atoms with van der Waals surface area (Å²) in [5.74, 6) is 1.02. The molecule has 1 unspecified atom stereocenters. The van der Waals surface area contributed by atoms with Crippen molar-refractivity contribution in [1.29, 1.82) is 0 Å². The fraction of sp³-hybridized carbons (Fsp3) is 0.524. The van der Waals surface area contributed by atoms with E-state index in [1.807, 2.05) is 25.0 Å². The number of aryl methyl sites for hydroxylation is 2. The third-order valence-corrected chi connectivity index (χ3v) is 5.94. The fourth-order valence-corrected chi connectivity index (χ4v) is 3.96. The zero-order chi connectivity index (χ0) is 19.9. The molecule has 1 saturated heterocycles. The van der Waals surface area contributed by atoms with Crippen molar-refractivity contribution in [3.05, 3.63) is 52.3 Å². The Balaban J connectivity index is 0.00000300. The number of aliphatic imine (C=N–C) groups is 1. The minimum atomic E-state index is 0. The SMILES string of the molecule is CN=C(NCCCc1cnn(C)c1)N1CCN(C(C)c2ccc(Br)cc2)CC1.I. The van der Waals surface area contributed by atoms with Crippen LogP contribution in [0.5, 0.6) is 0 Å². The molecule has 1 aliphatic heterocycles. The van der Waals surface area contributed by atoms with Crippen LogP contribution in [0.4, 0.5) is 0 Å². The van der Waals surface area contributed by atoms with Crippen LogP contribution >= 0.6 is 39.9 Å². The monoisotopic (exact) mass is 574 g/mol. The van der Waals surface area contributed by atoms with Crippen LogP contribution in [0.1, 0.15) is 30.5 Å². The molecule has 8 heteroatoms. The van der Waals surface area contributed by atoms with Crippen molar-refractivity contribution in [2.75, 3.05) is 39.8 Å². The number of guanidine groups is 1. The number of rotatable bonds is 6. The summed E-state index contributed by atoms with van der Waals surface area (Å²) in [6.45, 7) is 7.33. The van der Waals surface area contributed by atoms with Gasteiger partial charge in [-0.1, -0.05) is 28.1 Å². The number of aromatic nitrogens is 2. The predicted octanol–water partition coefficient (Wildman–Crippen LogP) is 3.69. The summed E-state index contributed by atoms with van der Waals surface area (Å²) < 4.78 is 2.99. The maximum Gasteiger partial charge on any atom is 0.193 e. The van der Waals surface area contributed by atoms with Gasteiger partial charge in [0.15, 0.2) is 5.96 Å². The molecule has 2 aromatic rings. The zero-order valence-corrected chi connectivity index (χ0v) is 21.4. The van der Waals surface area contributed by atoms with Crippen LogP contribution in [-0.4, -0.2) is 65.3 Å². The largest absolute Gasteiger partial charge is 0.356 e. The summed E-state index contributed by atoms with van der Waals surface area (Å²) >= 11 is 3.52.